The first kappa shape index (κ1) is 15.9. The molecule has 21 heavy (non-hydrogen) atoms. The third-order valence-electron chi connectivity index (χ3n) is 2.74. The number of benzene rings is 1. The third kappa shape index (κ3) is 3.81. The Hall–Kier alpha value is -1.43. The second-order valence-corrected chi connectivity index (χ2v) is 7.10. The van der Waals surface area contributed by atoms with Gasteiger partial charge in [-0.2, -0.15) is 16.6 Å². The van der Waals surface area contributed by atoms with Crippen LogP contribution in [0.15, 0.2) is 39.9 Å². The van der Waals surface area contributed by atoms with E-state index in [4.69, 9.17) is 16.9 Å². The molecule has 2 rings (SSSR count). The van der Waals surface area contributed by atoms with Gasteiger partial charge in [0.2, 0.25) is 10.0 Å². The van der Waals surface area contributed by atoms with Crippen LogP contribution in [0.2, 0.25) is 5.02 Å². The van der Waals surface area contributed by atoms with E-state index in [-0.39, 0.29) is 22.0 Å². The number of nitrogens with zero attached hydrogens (tertiary/aromatic N) is 1. The van der Waals surface area contributed by atoms with Crippen LogP contribution in [0, 0.1) is 11.3 Å². The molecule has 0 aliphatic rings. The van der Waals surface area contributed by atoms with E-state index in [0.717, 1.165) is 0 Å². The Labute approximate surface area is 131 Å². The lowest BCUT2D eigenvalue weighted by molar-refractivity contribution is 0.182. The van der Waals surface area contributed by atoms with Crippen molar-refractivity contribution in [2.24, 2.45) is 0 Å². The number of aliphatic hydroxyl groups excluding tert-OH is 1. The van der Waals surface area contributed by atoms with Gasteiger partial charge in [0.05, 0.1) is 22.8 Å². The maximum absolute atomic E-state index is 12.2. The topological polar surface area (TPSA) is 90.2 Å². The number of thiophene rings is 1. The molecule has 8 heteroatoms. The standard InChI is InChI=1S/C13H11ClN2O3S2/c14-11-2-1-9(6-15)5-13(11)21(18,19)16-7-12(17)10-3-4-20-8-10/h1-5,8,12,16-17H,7H2. The maximum atomic E-state index is 12.2. The Bertz CT molecular complexity index is 767. The molecule has 0 saturated carbocycles. The van der Waals surface area contributed by atoms with Crippen molar-refractivity contribution in [3.63, 3.8) is 0 Å². The Kier molecular flexibility index (Phi) is 4.98. The Morgan fingerprint density at radius 3 is 2.81 bits per heavy atom. The van der Waals surface area contributed by atoms with Crippen LogP contribution in [0.5, 0.6) is 0 Å². The minimum Gasteiger partial charge on any atom is -0.387 e. The van der Waals surface area contributed by atoms with Crippen molar-refractivity contribution < 1.29 is 13.5 Å². The minimum absolute atomic E-state index is 0.0199. The fourth-order valence-electron chi connectivity index (χ4n) is 1.63. The van der Waals surface area contributed by atoms with E-state index in [1.807, 2.05) is 6.07 Å². The molecular weight excluding hydrogens is 332 g/mol. The zero-order valence-electron chi connectivity index (χ0n) is 10.7. The van der Waals surface area contributed by atoms with Crippen LogP contribution in [0.4, 0.5) is 0 Å². The number of rotatable bonds is 5. The highest BCUT2D eigenvalue weighted by Crippen LogP contribution is 2.23. The van der Waals surface area contributed by atoms with Crippen molar-refractivity contribution in [1.82, 2.24) is 4.72 Å². The number of halogens is 1. The minimum atomic E-state index is -3.90. The fourth-order valence-corrected chi connectivity index (χ4v) is 3.90. The molecule has 2 aromatic rings. The van der Waals surface area contributed by atoms with Crippen LogP contribution in [-0.2, 0) is 10.0 Å². The number of nitriles is 1. The van der Waals surface area contributed by atoms with Gasteiger partial charge in [-0.15, -0.1) is 0 Å². The summed E-state index contributed by atoms with van der Waals surface area (Å²) in [6.45, 7) is -0.174. The summed E-state index contributed by atoms with van der Waals surface area (Å²) in [5.74, 6) is 0. The second kappa shape index (κ2) is 6.56. The van der Waals surface area contributed by atoms with Crippen molar-refractivity contribution in [2.45, 2.75) is 11.0 Å². The van der Waals surface area contributed by atoms with E-state index < -0.39 is 16.1 Å². The van der Waals surface area contributed by atoms with Crippen LogP contribution in [0.25, 0.3) is 0 Å². The van der Waals surface area contributed by atoms with Gasteiger partial charge in [0, 0.05) is 6.54 Å². The second-order valence-electron chi connectivity index (χ2n) is 4.18. The lowest BCUT2D eigenvalue weighted by atomic mass is 10.2. The molecule has 0 bridgehead atoms. The third-order valence-corrected chi connectivity index (χ3v) is 5.35. The molecule has 1 unspecified atom stereocenters. The van der Waals surface area contributed by atoms with Crippen molar-refractivity contribution in [2.75, 3.05) is 6.54 Å². The molecule has 0 amide bonds. The summed E-state index contributed by atoms with van der Waals surface area (Å²) in [5.41, 5.74) is 0.831. The van der Waals surface area contributed by atoms with E-state index in [1.165, 1.54) is 29.5 Å². The smallest absolute Gasteiger partial charge is 0.242 e. The van der Waals surface area contributed by atoms with Crippen molar-refractivity contribution in [3.8, 4) is 6.07 Å². The molecule has 5 nitrogen and oxygen atoms in total. The van der Waals surface area contributed by atoms with E-state index in [0.29, 0.717) is 5.56 Å². The first-order valence-corrected chi connectivity index (χ1v) is 8.64. The molecule has 0 fully saturated rings. The number of sulfonamides is 1. The number of hydrogen-bond donors (Lipinski definition) is 2. The predicted molar refractivity (Wildman–Crippen MR) is 80.6 cm³/mol. The SMILES string of the molecule is N#Cc1ccc(Cl)c(S(=O)(=O)NCC(O)c2ccsc2)c1. The van der Waals surface area contributed by atoms with Gasteiger partial charge in [0.1, 0.15) is 4.90 Å². The fraction of sp³-hybridized carbons (Fsp3) is 0.154. The molecule has 110 valence electrons. The van der Waals surface area contributed by atoms with Gasteiger partial charge >= 0.3 is 0 Å². The molecular formula is C13H11ClN2O3S2. The molecule has 1 aromatic heterocycles. The van der Waals surface area contributed by atoms with E-state index >= 15 is 0 Å². The van der Waals surface area contributed by atoms with Crippen molar-refractivity contribution in [3.05, 3.63) is 51.2 Å². The zero-order valence-corrected chi connectivity index (χ0v) is 13.0. The van der Waals surface area contributed by atoms with Crippen molar-refractivity contribution in [1.29, 1.82) is 5.26 Å². The monoisotopic (exact) mass is 342 g/mol. The van der Waals surface area contributed by atoms with Crippen LogP contribution < -0.4 is 4.72 Å². The highest BCUT2D eigenvalue weighted by molar-refractivity contribution is 7.89. The molecule has 1 atom stereocenters. The van der Waals surface area contributed by atoms with Gasteiger partial charge < -0.3 is 5.11 Å². The Morgan fingerprint density at radius 1 is 1.43 bits per heavy atom. The summed E-state index contributed by atoms with van der Waals surface area (Å²) < 4.78 is 26.7. The number of nitrogens with one attached hydrogen (secondary N) is 1. The summed E-state index contributed by atoms with van der Waals surface area (Å²) in [7, 11) is -3.90. The van der Waals surface area contributed by atoms with Crippen molar-refractivity contribution >= 4 is 33.0 Å². The molecule has 0 aliphatic heterocycles. The van der Waals surface area contributed by atoms with E-state index in [1.54, 1.807) is 16.8 Å². The lowest BCUT2D eigenvalue weighted by Crippen LogP contribution is -2.28. The summed E-state index contributed by atoms with van der Waals surface area (Å²) in [6, 6.07) is 7.55. The van der Waals surface area contributed by atoms with Gasteiger partial charge in [0.15, 0.2) is 0 Å². The molecule has 0 radical (unpaired) electrons. The van der Waals surface area contributed by atoms with Gasteiger partial charge in [-0.05, 0) is 40.6 Å². The molecule has 2 N–H and O–H groups in total. The lowest BCUT2D eigenvalue weighted by Gasteiger charge is -2.12. The quantitative estimate of drug-likeness (QED) is 0.872. The number of hydrogen-bond acceptors (Lipinski definition) is 5. The van der Waals surface area contributed by atoms with Gasteiger partial charge in [-0.1, -0.05) is 11.6 Å². The summed E-state index contributed by atoms with van der Waals surface area (Å²) in [4.78, 5) is -0.180. The van der Waals surface area contributed by atoms with Gasteiger partial charge in [0.25, 0.3) is 0 Å². The first-order valence-electron chi connectivity index (χ1n) is 5.83. The summed E-state index contributed by atoms with van der Waals surface area (Å²) in [5, 5.41) is 22.2. The van der Waals surface area contributed by atoms with Crippen LogP contribution >= 0.6 is 22.9 Å². The first-order chi connectivity index (χ1) is 9.94. The average molecular weight is 343 g/mol. The largest absolute Gasteiger partial charge is 0.387 e. The molecule has 0 aliphatic carbocycles. The summed E-state index contributed by atoms with van der Waals surface area (Å²) >= 11 is 7.27. The van der Waals surface area contributed by atoms with Crippen LogP contribution in [0.1, 0.15) is 17.2 Å². The van der Waals surface area contributed by atoms with Gasteiger partial charge in [-0.3, -0.25) is 0 Å². The Balaban J connectivity index is 2.17. The summed E-state index contributed by atoms with van der Waals surface area (Å²) in [6.07, 6.45) is -0.941. The average Bonchev–Trinajstić information content (AvgIpc) is 2.99. The normalized spacial score (nSPS) is 12.8. The van der Waals surface area contributed by atoms with E-state index in [2.05, 4.69) is 4.72 Å². The molecule has 0 spiro atoms. The highest BCUT2D eigenvalue weighted by atomic mass is 35.5. The zero-order chi connectivity index (χ0) is 15.5. The molecule has 0 saturated heterocycles. The Morgan fingerprint density at radius 2 is 2.19 bits per heavy atom. The predicted octanol–water partition coefficient (Wildman–Crippen LogP) is 2.29. The highest BCUT2D eigenvalue weighted by Gasteiger charge is 2.20. The van der Waals surface area contributed by atoms with Crippen LogP contribution in [0.3, 0.4) is 0 Å². The van der Waals surface area contributed by atoms with Crippen LogP contribution in [-0.4, -0.2) is 20.1 Å². The maximum Gasteiger partial charge on any atom is 0.242 e. The van der Waals surface area contributed by atoms with E-state index in [9.17, 15) is 13.5 Å². The molecule has 1 aromatic carbocycles. The molecule has 1 heterocycles. The van der Waals surface area contributed by atoms with Gasteiger partial charge in [-0.25, -0.2) is 13.1 Å². The number of aliphatic hydroxyl groups is 1.